The van der Waals surface area contributed by atoms with Crippen LogP contribution >= 0.6 is 11.6 Å². The number of aryl methyl sites for hydroxylation is 2. The molecular weight excluding hydrogens is 291 g/mol. The van der Waals surface area contributed by atoms with Crippen LogP contribution in [0.3, 0.4) is 0 Å². The molecule has 0 aliphatic carbocycles. The van der Waals surface area contributed by atoms with E-state index in [0.29, 0.717) is 12.2 Å². The molecule has 1 aromatic carbocycles. The summed E-state index contributed by atoms with van der Waals surface area (Å²) in [5.41, 5.74) is 3.49. The maximum absolute atomic E-state index is 13.4. The van der Waals surface area contributed by atoms with Gasteiger partial charge in [0, 0.05) is 30.9 Å². The Balaban J connectivity index is 1.81. The lowest BCUT2D eigenvalue weighted by molar-refractivity contribution is 0.628. The second-order valence-electron chi connectivity index (χ2n) is 4.91. The number of benzene rings is 1. The molecule has 0 saturated carbocycles. The number of rotatable bonds is 3. The number of pyridine rings is 1. The lowest BCUT2D eigenvalue weighted by atomic mass is 10.2. The SMILES string of the molecule is Cc1nn(C)c2ncc(CNc3ccc(Cl)c(F)c3)cc12. The summed E-state index contributed by atoms with van der Waals surface area (Å²) in [4.78, 5) is 4.41. The molecule has 1 N–H and O–H groups in total. The summed E-state index contributed by atoms with van der Waals surface area (Å²) in [7, 11) is 1.87. The molecule has 0 unspecified atom stereocenters. The van der Waals surface area contributed by atoms with Crippen LogP contribution in [0.4, 0.5) is 10.1 Å². The topological polar surface area (TPSA) is 42.7 Å². The van der Waals surface area contributed by atoms with Crippen molar-refractivity contribution in [1.82, 2.24) is 14.8 Å². The van der Waals surface area contributed by atoms with Gasteiger partial charge in [0.15, 0.2) is 5.65 Å². The number of hydrogen-bond acceptors (Lipinski definition) is 3. The Labute approximate surface area is 126 Å². The Bertz CT molecular complexity index is 813. The van der Waals surface area contributed by atoms with Gasteiger partial charge in [-0.3, -0.25) is 4.68 Å². The van der Waals surface area contributed by atoms with E-state index >= 15 is 0 Å². The number of aromatic nitrogens is 3. The van der Waals surface area contributed by atoms with Crippen molar-refractivity contribution in [3.63, 3.8) is 0 Å². The van der Waals surface area contributed by atoms with Gasteiger partial charge in [0.1, 0.15) is 5.82 Å². The molecule has 0 saturated heterocycles. The summed E-state index contributed by atoms with van der Waals surface area (Å²) < 4.78 is 15.1. The van der Waals surface area contributed by atoms with Crippen molar-refractivity contribution < 1.29 is 4.39 Å². The van der Waals surface area contributed by atoms with E-state index in [2.05, 4.69) is 15.4 Å². The van der Waals surface area contributed by atoms with Crippen molar-refractivity contribution in [2.45, 2.75) is 13.5 Å². The van der Waals surface area contributed by atoms with Crippen LogP contribution in [0.5, 0.6) is 0 Å². The predicted molar refractivity (Wildman–Crippen MR) is 82.0 cm³/mol. The zero-order chi connectivity index (χ0) is 15.0. The lowest BCUT2D eigenvalue weighted by Gasteiger charge is -2.07. The first-order valence-corrected chi connectivity index (χ1v) is 6.89. The van der Waals surface area contributed by atoms with E-state index in [1.54, 1.807) is 16.9 Å². The summed E-state index contributed by atoms with van der Waals surface area (Å²) in [6.45, 7) is 2.51. The largest absolute Gasteiger partial charge is 0.381 e. The number of fused-ring (bicyclic) bond motifs is 1. The van der Waals surface area contributed by atoms with E-state index in [-0.39, 0.29) is 5.02 Å². The molecule has 2 aromatic heterocycles. The molecular formula is C15H14ClFN4. The van der Waals surface area contributed by atoms with Crippen molar-refractivity contribution in [3.8, 4) is 0 Å². The van der Waals surface area contributed by atoms with Crippen LogP contribution in [0.25, 0.3) is 11.0 Å². The zero-order valence-electron chi connectivity index (χ0n) is 11.7. The fourth-order valence-electron chi connectivity index (χ4n) is 2.26. The van der Waals surface area contributed by atoms with Gasteiger partial charge in [-0.1, -0.05) is 11.6 Å². The van der Waals surface area contributed by atoms with Crippen LogP contribution in [-0.2, 0) is 13.6 Å². The highest BCUT2D eigenvalue weighted by Gasteiger charge is 2.07. The normalized spacial score (nSPS) is 11.0. The lowest BCUT2D eigenvalue weighted by Crippen LogP contribution is -2.01. The van der Waals surface area contributed by atoms with E-state index in [9.17, 15) is 4.39 Å². The maximum Gasteiger partial charge on any atom is 0.157 e. The summed E-state index contributed by atoms with van der Waals surface area (Å²) >= 11 is 5.66. The summed E-state index contributed by atoms with van der Waals surface area (Å²) in [5, 5.41) is 8.64. The fraction of sp³-hybridized carbons (Fsp3) is 0.200. The Morgan fingerprint density at radius 1 is 1.33 bits per heavy atom. The second-order valence-corrected chi connectivity index (χ2v) is 5.31. The van der Waals surface area contributed by atoms with Crippen molar-refractivity contribution in [3.05, 3.63) is 52.6 Å². The molecule has 0 radical (unpaired) electrons. The number of halogens is 2. The molecule has 0 spiro atoms. The first-order valence-electron chi connectivity index (χ1n) is 6.52. The van der Waals surface area contributed by atoms with Gasteiger partial charge in [-0.25, -0.2) is 9.37 Å². The Hall–Kier alpha value is -2.14. The summed E-state index contributed by atoms with van der Waals surface area (Å²) in [6, 6.07) is 6.70. The van der Waals surface area contributed by atoms with Gasteiger partial charge in [0.2, 0.25) is 0 Å². The average Bonchev–Trinajstić information content (AvgIpc) is 2.75. The second kappa shape index (κ2) is 5.33. The molecule has 0 fully saturated rings. The van der Waals surface area contributed by atoms with Crippen LogP contribution in [0.15, 0.2) is 30.5 Å². The van der Waals surface area contributed by atoms with Crippen LogP contribution in [-0.4, -0.2) is 14.8 Å². The quantitative estimate of drug-likeness (QED) is 0.802. The van der Waals surface area contributed by atoms with E-state index < -0.39 is 5.82 Å². The molecule has 2 heterocycles. The van der Waals surface area contributed by atoms with Crippen LogP contribution in [0.2, 0.25) is 5.02 Å². The molecule has 108 valence electrons. The molecule has 0 aliphatic heterocycles. The third kappa shape index (κ3) is 2.69. The van der Waals surface area contributed by atoms with E-state index in [1.807, 2.05) is 20.0 Å². The molecule has 0 aliphatic rings. The minimum absolute atomic E-state index is 0.120. The number of hydrogen-bond donors (Lipinski definition) is 1. The van der Waals surface area contributed by atoms with E-state index in [0.717, 1.165) is 22.3 Å². The van der Waals surface area contributed by atoms with Crippen molar-refractivity contribution >= 4 is 28.3 Å². The van der Waals surface area contributed by atoms with Gasteiger partial charge in [-0.2, -0.15) is 5.10 Å². The van der Waals surface area contributed by atoms with Gasteiger partial charge in [0.05, 0.1) is 10.7 Å². The molecule has 21 heavy (non-hydrogen) atoms. The summed E-state index contributed by atoms with van der Waals surface area (Å²) in [5.74, 6) is -0.432. The van der Waals surface area contributed by atoms with Gasteiger partial charge < -0.3 is 5.32 Å². The first-order chi connectivity index (χ1) is 10.0. The van der Waals surface area contributed by atoms with E-state index in [4.69, 9.17) is 11.6 Å². The fourth-order valence-corrected chi connectivity index (χ4v) is 2.38. The molecule has 0 atom stereocenters. The van der Waals surface area contributed by atoms with Crippen LogP contribution in [0.1, 0.15) is 11.3 Å². The minimum atomic E-state index is -0.432. The monoisotopic (exact) mass is 304 g/mol. The first kappa shape index (κ1) is 13.8. The van der Waals surface area contributed by atoms with E-state index in [1.165, 1.54) is 12.1 Å². The highest BCUT2D eigenvalue weighted by Crippen LogP contribution is 2.20. The van der Waals surface area contributed by atoms with Crippen molar-refractivity contribution in [2.24, 2.45) is 7.05 Å². The van der Waals surface area contributed by atoms with Crippen molar-refractivity contribution in [1.29, 1.82) is 0 Å². The number of nitrogens with zero attached hydrogens (tertiary/aromatic N) is 3. The van der Waals surface area contributed by atoms with Gasteiger partial charge in [-0.15, -0.1) is 0 Å². The highest BCUT2D eigenvalue weighted by molar-refractivity contribution is 6.30. The molecule has 0 amide bonds. The van der Waals surface area contributed by atoms with Gasteiger partial charge >= 0.3 is 0 Å². The molecule has 0 bridgehead atoms. The van der Waals surface area contributed by atoms with Crippen LogP contribution in [0, 0.1) is 12.7 Å². The zero-order valence-corrected chi connectivity index (χ0v) is 12.4. The highest BCUT2D eigenvalue weighted by atomic mass is 35.5. The van der Waals surface area contributed by atoms with Gasteiger partial charge in [0.25, 0.3) is 0 Å². The Morgan fingerprint density at radius 2 is 2.14 bits per heavy atom. The average molecular weight is 305 g/mol. The third-order valence-corrected chi connectivity index (χ3v) is 3.64. The summed E-state index contributed by atoms with van der Waals surface area (Å²) in [6.07, 6.45) is 1.79. The number of anilines is 1. The molecule has 4 nitrogen and oxygen atoms in total. The Kier molecular flexibility index (Phi) is 3.51. The number of nitrogens with one attached hydrogen (secondary N) is 1. The smallest absolute Gasteiger partial charge is 0.157 e. The molecule has 6 heteroatoms. The Morgan fingerprint density at radius 3 is 2.90 bits per heavy atom. The van der Waals surface area contributed by atoms with Crippen molar-refractivity contribution in [2.75, 3.05) is 5.32 Å². The standard InChI is InChI=1S/C15H14ClFN4/c1-9-12-5-10(8-19-15(12)21(2)20-9)7-18-11-3-4-13(16)14(17)6-11/h3-6,8,18H,7H2,1-2H3. The maximum atomic E-state index is 13.4. The third-order valence-electron chi connectivity index (χ3n) is 3.34. The predicted octanol–water partition coefficient (Wildman–Crippen LogP) is 3.68. The molecule has 3 rings (SSSR count). The van der Waals surface area contributed by atoms with Crippen LogP contribution < -0.4 is 5.32 Å². The van der Waals surface area contributed by atoms with Gasteiger partial charge in [-0.05, 0) is 36.8 Å². The molecule has 3 aromatic rings. The minimum Gasteiger partial charge on any atom is -0.381 e.